The minimum Gasteiger partial charge on any atom is -0.227 e. The van der Waals surface area contributed by atoms with Crippen LogP contribution in [0.2, 0.25) is 5.15 Å². The van der Waals surface area contributed by atoms with Crippen LogP contribution in [-0.4, -0.2) is 9.97 Å². The number of hydrogen-bond acceptors (Lipinski definition) is 2. The predicted octanol–water partition coefficient (Wildman–Crippen LogP) is 5.02. The molecule has 0 spiro atoms. The van der Waals surface area contributed by atoms with Gasteiger partial charge in [-0.3, -0.25) is 0 Å². The van der Waals surface area contributed by atoms with E-state index in [1.54, 1.807) is 0 Å². The lowest BCUT2D eigenvalue weighted by molar-refractivity contribution is 1.22. The summed E-state index contributed by atoms with van der Waals surface area (Å²) >= 11 is 9.76. The fourth-order valence-electron chi connectivity index (χ4n) is 1.99. The zero-order valence-electron chi connectivity index (χ0n) is 10.2. The van der Waals surface area contributed by atoms with Crippen LogP contribution < -0.4 is 0 Å². The molecule has 0 saturated heterocycles. The Balaban J connectivity index is 2.29. The lowest BCUT2D eigenvalue weighted by Crippen LogP contribution is -1.92. The maximum atomic E-state index is 6.25. The number of aromatic nitrogens is 2. The topological polar surface area (TPSA) is 25.8 Å². The minimum atomic E-state index is 0.475. The lowest BCUT2D eigenvalue weighted by Gasteiger charge is -2.06. The molecule has 0 bridgehead atoms. The second-order valence-electron chi connectivity index (χ2n) is 4.34. The van der Waals surface area contributed by atoms with Crippen molar-refractivity contribution in [2.24, 2.45) is 0 Å². The lowest BCUT2D eigenvalue weighted by atomic mass is 10.1. The molecule has 0 fully saturated rings. The number of hydrogen-bond donors (Lipinski definition) is 0. The second-order valence-corrected chi connectivity index (χ2v) is 5.56. The van der Waals surface area contributed by atoms with Gasteiger partial charge in [0, 0.05) is 15.4 Å². The van der Waals surface area contributed by atoms with Gasteiger partial charge in [0.05, 0.1) is 5.52 Å². The van der Waals surface area contributed by atoms with Crippen LogP contribution in [0.15, 0.2) is 46.9 Å². The first-order chi connectivity index (χ1) is 9.15. The van der Waals surface area contributed by atoms with Gasteiger partial charge in [0.2, 0.25) is 0 Å². The SMILES string of the molecule is Cc1cccc(-c2nc(Cl)c3cccc(Br)c3n2)c1. The van der Waals surface area contributed by atoms with E-state index in [-0.39, 0.29) is 0 Å². The molecule has 2 nitrogen and oxygen atoms in total. The molecule has 0 atom stereocenters. The Bertz CT molecular complexity index is 771. The van der Waals surface area contributed by atoms with Gasteiger partial charge in [-0.05, 0) is 41.1 Å². The van der Waals surface area contributed by atoms with E-state index < -0.39 is 0 Å². The third-order valence-corrected chi connectivity index (χ3v) is 3.84. The van der Waals surface area contributed by atoms with Crippen molar-refractivity contribution in [2.45, 2.75) is 6.92 Å². The highest BCUT2D eigenvalue weighted by atomic mass is 79.9. The minimum absolute atomic E-state index is 0.475. The van der Waals surface area contributed by atoms with Crippen molar-refractivity contribution in [2.75, 3.05) is 0 Å². The van der Waals surface area contributed by atoms with Gasteiger partial charge >= 0.3 is 0 Å². The molecule has 0 aliphatic heterocycles. The van der Waals surface area contributed by atoms with Crippen LogP contribution >= 0.6 is 27.5 Å². The van der Waals surface area contributed by atoms with E-state index >= 15 is 0 Å². The summed E-state index contributed by atoms with van der Waals surface area (Å²) in [6, 6.07) is 13.9. The molecule has 4 heteroatoms. The van der Waals surface area contributed by atoms with Crippen LogP contribution in [0.1, 0.15) is 5.56 Å². The van der Waals surface area contributed by atoms with Gasteiger partial charge in [0.15, 0.2) is 5.82 Å². The molecule has 0 radical (unpaired) electrons. The van der Waals surface area contributed by atoms with E-state index in [0.717, 1.165) is 20.9 Å². The number of benzene rings is 2. The van der Waals surface area contributed by atoms with Crippen molar-refractivity contribution in [1.29, 1.82) is 0 Å². The third kappa shape index (κ3) is 2.36. The first-order valence-corrected chi connectivity index (χ1v) is 7.01. The molecule has 0 unspecified atom stereocenters. The maximum absolute atomic E-state index is 6.25. The molecule has 0 aliphatic carbocycles. The molecule has 0 N–H and O–H groups in total. The average Bonchev–Trinajstić information content (AvgIpc) is 2.40. The van der Waals surface area contributed by atoms with Crippen LogP contribution in [0, 0.1) is 6.92 Å². The van der Waals surface area contributed by atoms with Gasteiger partial charge in [0.25, 0.3) is 0 Å². The van der Waals surface area contributed by atoms with Crippen molar-refractivity contribution in [3.05, 3.63) is 57.7 Å². The summed E-state index contributed by atoms with van der Waals surface area (Å²) in [6.07, 6.45) is 0. The largest absolute Gasteiger partial charge is 0.227 e. The molecule has 0 saturated carbocycles. The molecule has 94 valence electrons. The molecule has 1 heterocycles. The molecule has 0 amide bonds. The number of rotatable bonds is 1. The highest BCUT2D eigenvalue weighted by molar-refractivity contribution is 9.10. The molecular formula is C15H10BrClN2. The van der Waals surface area contributed by atoms with Gasteiger partial charge in [-0.1, -0.05) is 41.4 Å². The first-order valence-electron chi connectivity index (χ1n) is 5.84. The zero-order chi connectivity index (χ0) is 13.4. The van der Waals surface area contributed by atoms with Gasteiger partial charge in [-0.2, -0.15) is 0 Å². The van der Waals surface area contributed by atoms with Crippen LogP contribution in [0.3, 0.4) is 0 Å². The Labute approximate surface area is 124 Å². The predicted molar refractivity (Wildman–Crippen MR) is 82.4 cm³/mol. The number of nitrogens with zero attached hydrogens (tertiary/aromatic N) is 2. The Hall–Kier alpha value is -1.45. The zero-order valence-corrected chi connectivity index (χ0v) is 12.5. The van der Waals surface area contributed by atoms with Crippen molar-refractivity contribution < 1.29 is 0 Å². The van der Waals surface area contributed by atoms with E-state index in [1.807, 2.05) is 49.4 Å². The number of fused-ring (bicyclic) bond motifs is 1. The first kappa shape index (κ1) is 12.6. The Morgan fingerprint density at radius 2 is 1.84 bits per heavy atom. The quantitative estimate of drug-likeness (QED) is 0.584. The fourth-order valence-corrected chi connectivity index (χ4v) is 2.68. The van der Waals surface area contributed by atoms with E-state index in [2.05, 4.69) is 25.9 Å². The highest BCUT2D eigenvalue weighted by Gasteiger charge is 2.09. The van der Waals surface area contributed by atoms with Crippen LogP contribution in [0.25, 0.3) is 22.3 Å². The smallest absolute Gasteiger partial charge is 0.161 e. The summed E-state index contributed by atoms with van der Waals surface area (Å²) in [4.78, 5) is 8.99. The van der Waals surface area contributed by atoms with Crippen molar-refractivity contribution in [3.63, 3.8) is 0 Å². The highest BCUT2D eigenvalue weighted by Crippen LogP contribution is 2.29. The standard InChI is InChI=1S/C15H10BrClN2/c1-9-4-2-5-10(8-9)15-18-13-11(14(17)19-15)6-3-7-12(13)16/h2-8H,1H3. The van der Waals surface area contributed by atoms with Gasteiger partial charge in [-0.15, -0.1) is 0 Å². The molecule has 0 aliphatic rings. The molecule has 3 aromatic rings. The monoisotopic (exact) mass is 332 g/mol. The summed E-state index contributed by atoms with van der Waals surface area (Å²) < 4.78 is 0.920. The van der Waals surface area contributed by atoms with Gasteiger partial charge in [0.1, 0.15) is 5.15 Å². The van der Waals surface area contributed by atoms with Crippen LogP contribution in [-0.2, 0) is 0 Å². The molecule has 3 rings (SSSR count). The summed E-state index contributed by atoms with van der Waals surface area (Å²) in [7, 11) is 0. The third-order valence-electron chi connectivity index (χ3n) is 2.91. The van der Waals surface area contributed by atoms with E-state index in [0.29, 0.717) is 11.0 Å². The summed E-state index contributed by atoms with van der Waals surface area (Å²) in [5.41, 5.74) is 2.98. The van der Waals surface area contributed by atoms with E-state index in [4.69, 9.17) is 11.6 Å². The van der Waals surface area contributed by atoms with Crippen LogP contribution in [0.5, 0.6) is 0 Å². The molecule has 19 heavy (non-hydrogen) atoms. The number of halogens is 2. The van der Waals surface area contributed by atoms with Crippen molar-refractivity contribution in [1.82, 2.24) is 9.97 Å². The summed E-state index contributed by atoms with van der Waals surface area (Å²) in [5.74, 6) is 0.646. The molecular weight excluding hydrogens is 324 g/mol. The Morgan fingerprint density at radius 1 is 1.05 bits per heavy atom. The molecule has 2 aromatic carbocycles. The second kappa shape index (κ2) is 4.91. The number of aryl methyl sites for hydroxylation is 1. The number of para-hydroxylation sites is 1. The summed E-state index contributed by atoms with van der Waals surface area (Å²) in [6.45, 7) is 2.04. The maximum Gasteiger partial charge on any atom is 0.161 e. The summed E-state index contributed by atoms with van der Waals surface area (Å²) in [5, 5.41) is 1.33. The average molecular weight is 334 g/mol. The van der Waals surface area contributed by atoms with Crippen molar-refractivity contribution >= 4 is 38.4 Å². The van der Waals surface area contributed by atoms with Gasteiger partial charge in [-0.25, -0.2) is 9.97 Å². The Morgan fingerprint density at radius 3 is 2.63 bits per heavy atom. The molecule has 1 aromatic heterocycles. The van der Waals surface area contributed by atoms with E-state index in [9.17, 15) is 0 Å². The van der Waals surface area contributed by atoms with E-state index in [1.165, 1.54) is 5.56 Å². The van der Waals surface area contributed by atoms with Crippen molar-refractivity contribution in [3.8, 4) is 11.4 Å². The van der Waals surface area contributed by atoms with Gasteiger partial charge < -0.3 is 0 Å². The fraction of sp³-hybridized carbons (Fsp3) is 0.0667. The van der Waals surface area contributed by atoms with Crippen LogP contribution in [0.4, 0.5) is 0 Å². The normalized spacial score (nSPS) is 10.9. The Kier molecular flexibility index (Phi) is 3.25.